The summed E-state index contributed by atoms with van der Waals surface area (Å²) in [6.07, 6.45) is 1.67. The third kappa shape index (κ3) is 4.02. The number of benzene rings is 2. The highest BCUT2D eigenvalue weighted by atomic mass is 35.5. The second-order valence-corrected chi connectivity index (χ2v) is 9.17. The Morgan fingerprint density at radius 1 is 1.12 bits per heavy atom. The molecule has 5 rings (SSSR count). The van der Waals surface area contributed by atoms with E-state index in [1.54, 1.807) is 16.8 Å². The first-order chi connectivity index (χ1) is 16.4. The third-order valence-electron chi connectivity index (χ3n) is 5.49. The van der Waals surface area contributed by atoms with E-state index in [0.717, 1.165) is 33.0 Å². The molecule has 1 atom stereocenters. The minimum absolute atomic E-state index is 0.150. The van der Waals surface area contributed by atoms with Crippen molar-refractivity contribution in [3.8, 4) is 16.3 Å². The van der Waals surface area contributed by atoms with Gasteiger partial charge in [0.1, 0.15) is 10.8 Å². The number of nitrogen functional groups attached to an aromatic ring is 1. The smallest absolute Gasteiger partial charge is 0.264 e. The summed E-state index contributed by atoms with van der Waals surface area (Å²) >= 11 is 7.94. The molecule has 0 amide bonds. The molecule has 0 saturated heterocycles. The van der Waals surface area contributed by atoms with Crippen molar-refractivity contribution in [3.63, 3.8) is 0 Å². The van der Waals surface area contributed by atoms with Crippen molar-refractivity contribution in [1.82, 2.24) is 19.5 Å². The fourth-order valence-corrected chi connectivity index (χ4v) is 4.99. The van der Waals surface area contributed by atoms with Gasteiger partial charge in [-0.05, 0) is 43.5 Å². The standard InChI is InChI=1S/C25H21ClN6OS/c1-14-13-34-23(29-14)18-12-28-25(27)31-22(18)30-15(2)20-11-16-7-6-10-19(26)21(16)24(33)32(20)17-8-4-3-5-9-17/h3-13,15H,1-2H3,(H3,27,28,30,31). The monoisotopic (exact) mass is 488 g/mol. The Morgan fingerprint density at radius 2 is 1.91 bits per heavy atom. The number of halogens is 1. The van der Waals surface area contributed by atoms with Gasteiger partial charge in [0.25, 0.3) is 5.56 Å². The number of para-hydroxylation sites is 1. The minimum Gasteiger partial charge on any atom is -0.368 e. The number of hydrogen-bond acceptors (Lipinski definition) is 7. The number of aromatic nitrogens is 4. The Hall–Kier alpha value is -3.75. The number of rotatable bonds is 5. The summed E-state index contributed by atoms with van der Waals surface area (Å²) in [6.45, 7) is 3.91. The van der Waals surface area contributed by atoms with E-state index in [9.17, 15) is 4.79 Å². The molecule has 9 heteroatoms. The summed E-state index contributed by atoms with van der Waals surface area (Å²) in [4.78, 5) is 26.8. The first-order valence-electron chi connectivity index (χ1n) is 10.6. The second kappa shape index (κ2) is 8.89. The quantitative estimate of drug-likeness (QED) is 0.333. The number of nitrogens with zero attached hydrogens (tertiary/aromatic N) is 4. The summed E-state index contributed by atoms with van der Waals surface area (Å²) < 4.78 is 1.68. The number of nitrogens with two attached hydrogens (primary N) is 1. The zero-order chi connectivity index (χ0) is 23.8. The summed E-state index contributed by atoms with van der Waals surface area (Å²) in [7, 11) is 0. The average Bonchev–Trinajstić information content (AvgIpc) is 3.25. The van der Waals surface area contributed by atoms with Gasteiger partial charge in [-0.2, -0.15) is 4.98 Å². The van der Waals surface area contributed by atoms with Crippen molar-refractivity contribution in [1.29, 1.82) is 0 Å². The van der Waals surface area contributed by atoms with Crippen LogP contribution in [0.25, 0.3) is 27.0 Å². The molecule has 0 spiro atoms. The lowest BCUT2D eigenvalue weighted by Gasteiger charge is -2.22. The number of hydrogen-bond donors (Lipinski definition) is 2. The first-order valence-corrected chi connectivity index (χ1v) is 11.9. The molecular weight excluding hydrogens is 468 g/mol. The molecular formula is C25H21ClN6OS. The maximum absolute atomic E-state index is 13.7. The average molecular weight is 489 g/mol. The van der Waals surface area contributed by atoms with E-state index >= 15 is 0 Å². The molecule has 0 aliphatic heterocycles. The lowest BCUT2D eigenvalue weighted by molar-refractivity contribution is 0.773. The van der Waals surface area contributed by atoms with Crippen molar-refractivity contribution in [3.05, 3.63) is 92.9 Å². The number of anilines is 2. The molecule has 0 radical (unpaired) electrons. The summed E-state index contributed by atoms with van der Waals surface area (Å²) in [5.74, 6) is 0.699. The van der Waals surface area contributed by atoms with Crippen LogP contribution >= 0.6 is 22.9 Å². The molecule has 0 bridgehead atoms. The maximum Gasteiger partial charge on any atom is 0.264 e. The summed E-state index contributed by atoms with van der Waals surface area (Å²) in [5.41, 5.74) is 8.89. The fraction of sp³-hybridized carbons (Fsp3) is 0.120. The summed E-state index contributed by atoms with van der Waals surface area (Å²) in [6, 6.07) is 16.6. The van der Waals surface area contributed by atoms with Crippen LogP contribution in [0.3, 0.4) is 0 Å². The van der Waals surface area contributed by atoms with Crippen molar-refractivity contribution >= 4 is 45.5 Å². The molecule has 1 unspecified atom stereocenters. The Labute approximate surface area is 204 Å². The van der Waals surface area contributed by atoms with Gasteiger partial charge in [0.05, 0.1) is 22.0 Å². The van der Waals surface area contributed by atoms with Gasteiger partial charge in [-0.15, -0.1) is 11.3 Å². The Morgan fingerprint density at radius 3 is 2.65 bits per heavy atom. The van der Waals surface area contributed by atoms with Crippen LogP contribution in [0.5, 0.6) is 0 Å². The summed E-state index contributed by atoms with van der Waals surface area (Å²) in [5, 5.41) is 7.87. The van der Waals surface area contributed by atoms with E-state index in [1.807, 2.05) is 67.8 Å². The van der Waals surface area contributed by atoms with Gasteiger partial charge in [-0.1, -0.05) is 41.9 Å². The highest BCUT2D eigenvalue weighted by Gasteiger charge is 2.20. The van der Waals surface area contributed by atoms with E-state index in [0.29, 0.717) is 16.2 Å². The van der Waals surface area contributed by atoms with E-state index < -0.39 is 0 Å². The van der Waals surface area contributed by atoms with Crippen molar-refractivity contribution in [2.75, 3.05) is 11.1 Å². The molecule has 3 heterocycles. The number of aryl methyl sites for hydroxylation is 1. The molecule has 3 N–H and O–H groups in total. The fourth-order valence-electron chi connectivity index (χ4n) is 3.92. The number of fused-ring (bicyclic) bond motifs is 1. The number of thiazole rings is 1. The molecule has 0 fully saturated rings. The molecule has 2 aromatic carbocycles. The molecule has 0 aliphatic carbocycles. The SMILES string of the molecule is Cc1csc(-c2cnc(N)nc2NC(C)c2cc3cccc(Cl)c3c(=O)n2-c2ccccc2)n1. The molecule has 34 heavy (non-hydrogen) atoms. The predicted molar refractivity (Wildman–Crippen MR) is 139 cm³/mol. The lowest BCUT2D eigenvalue weighted by Crippen LogP contribution is -2.26. The van der Waals surface area contributed by atoms with Gasteiger partial charge >= 0.3 is 0 Å². The Balaban J connectivity index is 1.67. The highest BCUT2D eigenvalue weighted by molar-refractivity contribution is 7.13. The molecule has 5 aromatic rings. The molecule has 7 nitrogen and oxygen atoms in total. The Kier molecular flexibility index (Phi) is 5.77. The molecule has 0 saturated carbocycles. The molecule has 0 aliphatic rings. The lowest BCUT2D eigenvalue weighted by atomic mass is 10.1. The van der Waals surface area contributed by atoms with Crippen molar-refractivity contribution in [2.45, 2.75) is 19.9 Å². The van der Waals surface area contributed by atoms with E-state index in [-0.39, 0.29) is 17.5 Å². The van der Waals surface area contributed by atoms with Gasteiger partial charge in [0, 0.05) is 28.7 Å². The largest absolute Gasteiger partial charge is 0.368 e. The van der Waals surface area contributed by atoms with E-state index in [1.165, 1.54) is 11.3 Å². The highest BCUT2D eigenvalue weighted by Crippen LogP contribution is 2.32. The van der Waals surface area contributed by atoms with Crippen LogP contribution < -0.4 is 16.6 Å². The van der Waals surface area contributed by atoms with Crippen LogP contribution in [0.15, 0.2) is 71.0 Å². The Bertz CT molecular complexity index is 1560. The molecule has 3 aromatic heterocycles. The third-order valence-corrected chi connectivity index (χ3v) is 6.80. The zero-order valence-electron chi connectivity index (χ0n) is 18.5. The van der Waals surface area contributed by atoms with Crippen molar-refractivity contribution in [2.24, 2.45) is 0 Å². The predicted octanol–water partition coefficient (Wildman–Crippen LogP) is 5.62. The van der Waals surface area contributed by atoms with Crippen molar-refractivity contribution < 1.29 is 0 Å². The van der Waals surface area contributed by atoms with E-state index in [2.05, 4.69) is 20.3 Å². The zero-order valence-corrected chi connectivity index (χ0v) is 20.1. The van der Waals surface area contributed by atoms with Crippen LogP contribution in [0.1, 0.15) is 24.4 Å². The van der Waals surface area contributed by atoms with Gasteiger partial charge in [0.2, 0.25) is 5.95 Å². The van der Waals surface area contributed by atoms with Gasteiger partial charge in [-0.3, -0.25) is 9.36 Å². The maximum atomic E-state index is 13.7. The van der Waals surface area contributed by atoms with Crippen LogP contribution in [0.4, 0.5) is 11.8 Å². The minimum atomic E-state index is -0.314. The van der Waals surface area contributed by atoms with Crippen LogP contribution in [-0.2, 0) is 0 Å². The first kappa shape index (κ1) is 22.1. The van der Waals surface area contributed by atoms with Crippen LogP contribution in [0.2, 0.25) is 5.02 Å². The number of pyridine rings is 1. The molecule has 170 valence electrons. The van der Waals surface area contributed by atoms with Gasteiger partial charge in [0.15, 0.2) is 0 Å². The van der Waals surface area contributed by atoms with Gasteiger partial charge in [-0.25, -0.2) is 9.97 Å². The van der Waals surface area contributed by atoms with E-state index in [4.69, 9.17) is 17.3 Å². The second-order valence-electron chi connectivity index (χ2n) is 7.90. The van der Waals surface area contributed by atoms with Gasteiger partial charge < -0.3 is 11.1 Å². The number of nitrogens with one attached hydrogen (secondary N) is 1. The van der Waals surface area contributed by atoms with Crippen LogP contribution in [-0.4, -0.2) is 19.5 Å². The normalized spacial score (nSPS) is 12.1. The topological polar surface area (TPSA) is 98.7 Å². The van der Waals surface area contributed by atoms with Crippen LogP contribution in [0, 0.1) is 6.92 Å².